The van der Waals surface area contributed by atoms with Gasteiger partial charge in [0.25, 0.3) is 0 Å². The van der Waals surface area contributed by atoms with Crippen molar-refractivity contribution in [2.45, 2.75) is 0 Å². The molecule has 0 unspecified atom stereocenters. The summed E-state index contributed by atoms with van der Waals surface area (Å²) in [6.45, 7) is 0. The highest BCUT2D eigenvalue weighted by Crippen LogP contribution is 2.45. The molecule has 0 amide bonds. The lowest BCUT2D eigenvalue weighted by atomic mass is 9.97. The summed E-state index contributed by atoms with van der Waals surface area (Å²) < 4.78 is 4.98. The Labute approximate surface area is 406 Å². The van der Waals surface area contributed by atoms with Crippen molar-refractivity contribution in [1.82, 2.24) is 19.5 Å². The summed E-state index contributed by atoms with van der Waals surface area (Å²) in [7, 11) is 0. The van der Waals surface area contributed by atoms with Crippen LogP contribution in [0.25, 0.3) is 147 Å². The molecule has 0 aliphatic heterocycles. The lowest BCUT2D eigenvalue weighted by Crippen LogP contribution is -2.02. The molecule has 0 N–H and O–H groups in total. The van der Waals surface area contributed by atoms with E-state index in [1.165, 1.54) is 68.8 Å². The molecule has 4 nitrogen and oxygen atoms in total. The van der Waals surface area contributed by atoms with Crippen molar-refractivity contribution in [1.29, 1.82) is 0 Å². The maximum Gasteiger partial charge on any atom is 0.164 e. The Bertz CT molecular complexity index is 4540. The number of thiophene rings is 1. The first-order valence-corrected chi connectivity index (χ1v) is 24.6. The number of nitrogens with zero attached hydrogens (tertiary/aromatic N) is 4. The topological polar surface area (TPSA) is 43.6 Å². The van der Waals surface area contributed by atoms with Crippen LogP contribution in [0.5, 0.6) is 0 Å². The summed E-state index contributed by atoms with van der Waals surface area (Å²) in [5.74, 6) is 1.87. The van der Waals surface area contributed by atoms with Crippen LogP contribution >= 0.6 is 11.3 Å². The van der Waals surface area contributed by atoms with E-state index in [2.05, 4.69) is 235 Å². The van der Waals surface area contributed by atoms with E-state index in [9.17, 15) is 0 Å². The van der Waals surface area contributed by atoms with Crippen LogP contribution in [0, 0.1) is 0 Å². The van der Waals surface area contributed by atoms with Crippen LogP contribution in [0.1, 0.15) is 0 Å². The van der Waals surface area contributed by atoms with Gasteiger partial charge in [-0.25, -0.2) is 15.0 Å². The SMILES string of the molecule is c1ccc2cc3c(cc2c1)c1ccccc1n3-c1ccc(-c2nc(-c3cccc4c3ccc3ccccc34)nc(-c3cccc4c3ccc3ccccc34)n2)cc1-c1cccc2c1sc1ccccc12. The Balaban J connectivity index is 1.03. The van der Waals surface area contributed by atoms with Crippen LogP contribution < -0.4 is 0 Å². The number of benzene rings is 12. The van der Waals surface area contributed by atoms with E-state index in [-0.39, 0.29) is 0 Å². The molecule has 3 aromatic heterocycles. The van der Waals surface area contributed by atoms with E-state index in [0.717, 1.165) is 60.5 Å². The summed E-state index contributed by atoms with van der Waals surface area (Å²) in [5, 5.41) is 16.7. The van der Waals surface area contributed by atoms with Crippen LogP contribution in [0.2, 0.25) is 0 Å². The zero-order chi connectivity index (χ0) is 45.9. The number of para-hydroxylation sites is 1. The van der Waals surface area contributed by atoms with Gasteiger partial charge in [-0.3, -0.25) is 0 Å². The number of rotatable bonds is 5. The van der Waals surface area contributed by atoms with Gasteiger partial charge in [-0.1, -0.05) is 188 Å². The molecule has 5 heteroatoms. The largest absolute Gasteiger partial charge is 0.309 e. The number of aromatic nitrogens is 4. The first kappa shape index (κ1) is 39.0. The van der Waals surface area contributed by atoms with Crippen LogP contribution in [-0.2, 0) is 0 Å². The maximum atomic E-state index is 5.49. The first-order chi connectivity index (χ1) is 34.7. The average Bonchev–Trinajstić information content (AvgIpc) is 3.97. The molecule has 0 fully saturated rings. The molecular weight excluding hydrogens is 869 g/mol. The summed E-state index contributed by atoms with van der Waals surface area (Å²) in [4.78, 5) is 16.4. The molecule has 70 heavy (non-hydrogen) atoms. The minimum Gasteiger partial charge on any atom is -0.309 e. The smallest absolute Gasteiger partial charge is 0.164 e. The zero-order valence-electron chi connectivity index (χ0n) is 37.6. The monoisotopic (exact) mass is 906 g/mol. The third-order valence-electron chi connectivity index (χ3n) is 14.4. The van der Waals surface area contributed by atoms with Crippen molar-refractivity contribution < 1.29 is 0 Å². The number of hydrogen-bond acceptors (Lipinski definition) is 4. The van der Waals surface area contributed by atoms with Gasteiger partial charge >= 0.3 is 0 Å². The number of hydrogen-bond donors (Lipinski definition) is 0. The Morgan fingerprint density at radius 2 is 0.814 bits per heavy atom. The second-order valence-electron chi connectivity index (χ2n) is 18.3. The lowest BCUT2D eigenvalue weighted by Gasteiger charge is -2.17. The van der Waals surface area contributed by atoms with E-state index >= 15 is 0 Å². The predicted octanol–water partition coefficient (Wildman–Crippen LogP) is 17.8. The highest BCUT2D eigenvalue weighted by atomic mass is 32.1. The van der Waals surface area contributed by atoms with Crippen molar-refractivity contribution in [2.24, 2.45) is 0 Å². The third-order valence-corrected chi connectivity index (χ3v) is 15.6. The highest BCUT2D eigenvalue weighted by molar-refractivity contribution is 7.26. The van der Waals surface area contributed by atoms with Gasteiger partial charge in [0.1, 0.15) is 0 Å². The van der Waals surface area contributed by atoms with E-state index < -0.39 is 0 Å². The third kappa shape index (κ3) is 5.92. The molecular formula is C65H38N4S. The molecule has 0 saturated carbocycles. The summed E-state index contributed by atoms with van der Waals surface area (Å²) in [6.07, 6.45) is 0. The van der Waals surface area contributed by atoms with Crippen LogP contribution in [0.3, 0.4) is 0 Å². The molecule has 0 saturated heterocycles. The fourth-order valence-electron chi connectivity index (χ4n) is 11.2. The molecule has 0 bridgehead atoms. The van der Waals surface area contributed by atoms with Crippen molar-refractivity contribution in [2.75, 3.05) is 0 Å². The van der Waals surface area contributed by atoms with Crippen molar-refractivity contribution in [3.8, 4) is 51.0 Å². The second-order valence-corrected chi connectivity index (χ2v) is 19.3. The Hall–Kier alpha value is -9.03. The van der Waals surface area contributed by atoms with E-state index in [1.54, 1.807) is 0 Å². The second kappa shape index (κ2) is 15.2. The molecule has 15 aromatic rings. The molecule has 0 aliphatic rings. The van der Waals surface area contributed by atoms with Gasteiger partial charge in [-0.2, -0.15) is 0 Å². The molecule has 0 aliphatic carbocycles. The fourth-order valence-corrected chi connectivity index (χ4v) is 12.4. The van der Waals surface area contributed by atoms with E-state index in [1.807, 2.05) is 11.3 Å². The number of fused-ring (bicyclic) bond motifs is 13. The average molecular weight is 907 g/mol. The van der Waals surface area contributed by atoms with Crippen molar-refractivity contribution in [3.05, 3.63) is 231 Å². The summed E-state index contributed by atoms with van der Waals surface area (Å²) in [5.41, 5.74) is 8.50. The summed E-state index contributed by atoms with van der Waals surface area (Å²) >= 11 is 1.85. The van der Waals surface area contributed by atoms with Gasteiger partial charge in [-0.05, 0) is 96.3 Å². The zero-order valence-corrected chi connectivity index (χ0v) is 38.5. The Morgan fingerprint density at radius 3 is 1.50 bits per heavy atom. The van der Waals surface area contributed by atoms with Gasteiger partial charge < -0.3 is 4.57 Å². The van der Waals surface area contributed by atoms with Crippen LogP contribution in [0.4, 0.5) is 0 Å². The highest BCUT2D eigenvalue weighted by Gasteiger charge is 2.22. The minimum absolute atomic E-state index is 0.611. The lowest BCUT2D eigenvalue weighted by molar-refractivity contribution is 1.08. The fraction of sp³-hybridized carbons (Fsp3) is 0. The van der Waals surface area contributed by atoms with E-state index in [0.29, 0.717) is 17.5 Å². The molecule has 12 aromatic carbocycles. The molecule has 3 heterocycles. The van der Waals surface area contributed by atoms with Crippen LogP contribution in [-0.4, -0.2) is 19.5 Å². The Kier molecular flexibility index (Phi) is 8.49. The van der Waals surface area contributed by atoms with Crippen molar-refractivity contribution >= 4 is 107 Å². The minimum atomic E-state index is 0.611. The van der Waals surface area contributed by atoms with Gasteiger partial charge in [-0.15, -0.1) is 11.3 Å². The molecule has 0 radical (unpaired) electrons. The van der Waals surface area contributed by atoms with E-state index in [4.69, 9.17) is 15.0 Å². The molecule has 0 spiro atoms. The Morgan fingerprint density at radius 1 is 0.286 bits per heavy atom. The first-order valence-electron chi connectivity index (χ1n) is 23.8. The summed E-state index contributed by atoms with van der Waals surface area (Å²) in [6, 6.07) is 83.5. The van der Waals surface area contributed by atoms with Gasteiger partial charge in [0.15, 0.2) is 17.5 Å². The van der Waals surface area contributed by atoms with Crippen LogP contribution in [0.15, 0.2) is 231 Å². The molecule has 0 atom stereocenters. The van der Waals surface area contributed by atoms with Crippen molar-refractivity contribution in [3.63, 3.8) is 0 Å². The normalized spacial score (nSPS) is 12.0. The molecule has 324 valence electrons. The van der Waals surface area contributed by atoms with Gasteiger partial charge in [0.2, 0.25) is 0 Å². The maximum absolute atomic E-state index is 5.49. The van der Waals surface area contributed by atoms with Gasteiger partial charge in [0.05, 0.1) is 16.7 Å². The standard InChI is InChI=1S/C65H38N4S/c1-2-17-42-38-60-56(36-41(42)16-1)50-20-7-9-28-58(50)69(60)59-35-32-43(37-57(59)53-25-13-24-52-51-21-8-10-29-61(51)70-62(52)53)63-66-64(54-26-11-22-46-44-18-5-3-14-39(44)30-33-48(46)54)68-65(67-63)55-27-12-23-47-45-19-6-4-15-40(45)31-34-49(47)55/h1-38H. The molecule has 15 rings (SSSR count). The van der Waals surface area contributed by atoms with Gasteiger partial charge in [0, 0.05) is 58.8 Å². The quantitative estimate of drug-likeness (QED) is 0.162. The predicted molar refractivity (Wildman–Crippen MR) is 296 cm³/mol.